The highest BCUT2D eigenvalue weighted by Gasteiger charge is 2.41. The quantitative estimate of drug-likeness (QED) is 0.686. The number of ether oxygens (including phenoxy) is 1. The molecule has 0 unspecified atom stereocenters. The number of rotatable bonds is 6. The van der Waals surface area contributed by atoms with Crippen LogP contribution in [-0.4, -0.2) is 76.6 Å². The van der Waals surface area contributed by atoms with Crippen molar-refractivity contribution in [2.24, 2.45) is 5.92 Å². The van der Waals surface area contributed by atoms with Crippen molar-refractivity contribution >= 4 is 17.6 Å². The van der Waals surface area contributed by atoms with Crippen molar-refractivity contribution < 1.29 is 19.1 Å². The number of carbonyl (C=O) groups is 3. The van der Waals surface area contributed by atoms with Gasteiger partial charge >= 0.3 is 0 Å². The van der Waals surface area contributed by atoms with Gasteiger partial charge < -0.3 is 14.5 Å². The maximum absolute atomic E-state index is 12.9. The van der Waals surface area contributed by atoms with Crippen molar-refractivity contribution in [3.8, 4) is 0 Å². The summed E-state index contributed by atoms with van der Waals surface area (Å²) in [6.07, 6.45) is 1.74. The number of Topliss-reactive ketones (excluding diaryl/α,β-unsaturated/α-hetero) is 1. The molecule has 2 bridgehead atoms. The molecule has 3 fully saturated rings. The van der Waals surface area contributed by atoms with Crippen LogP contribution in [0.4, 0.5) is 0 Å². The van der Waals surface area contributed by atoms with Crippen LogP contribution < -0.4 is 0 Å². The molecule has 3 aliphatic rings. The van der Waals surface area contributed by atoms with Crippen LogP contribution in [0.15, 0.2) is 0 Å². The van der Waals surface area contributed by atoms with Crippen molar-refractivity contribution in [1.29, 1.82) is 0 Å². The summed E-state index contributed by atoms with van der Waals surface area (Å²) in [7, 11) is 1.63. The van der Waals surface area contributed by atoms with E-state index in [2.05, 4.69) is 5.10 Å². The summed E-state index contributed by atoms with van der Waals surface area (Å²) >= 11 is 0. The van der Waals surface area contributed by atoms with E-state index in [1.807, 2.05) is 11.8 Å². The van der Waals surface area contributed by atoms with Crippen molar-refractivity contribution in [2.45, 2.75) is 46.2 Å². The lowest BCUT2D eigenvalue weighted by atomic mass is 9.94. The number of aryl methyl sites for hydroxylation is 1. The normalized spacial score (nSPS) is 22.3. The second kappa shape index (κ2) is 7.80. The van der Waals surface area contributed by atoms with E-state index in [-0.39, 0.29) is 36.1 Å². The first-order valence-electron chi connectivity index (χ1n) is 9.45. The van der Waals surface area contributed by atoms with Gasteiger partial charge in [-0.15, -0.1) is 0 Å². The molecule has 0 saturated carbocycles. The van der Waals surface area contributed by atoms with Gasteiger partial charge in [-0.2, -0.15) is 5.10 Å². The zero-order chi connectivity index (χ0) is 19.7. The monoisotopic (exact) mass is 376 g/mol. The first-order chi connectivity index (χ1) is 12.8. The average Bonchev–Trinajstić information content (AvgIpc) is 2.78. The summed E-state index contributed by atoms with van der Waals surface area (Å²) in [6.45, 7) is 7.26. The van der Waals surface area contributed by atoms with Gasteiger partial charge in [-0.25, -0.2) is 0 Å². The Labute approximate surface area is 159 Å². The van der Waals surface area contributed by atoms with Gasteiger partial charge in [-0.3, -0.25) is 19.1 Å². The van der Waals surface area contributed by atoms with Gasteiger partial charge in [-0.05, 0) is 33.6 Å². The minimum absolute atomic E-state index is 0.0450. The molecule has 1 aromatic heterocycles. The molecule has 0 spiro atoms. The molecule has 27 heavy (non-hydrogen) atoms. The summed E-state index contributed by atoms with van der Waals surface area (Å²) in [6, 6.07) is 0.0450. The smallest absolute Gasteiger partial charge is 0.244 e. The van der Waals surface area contributed by atoms with Gasteiger partial charge in [-0.1, -0.05) is 0 Å². The van der Waals surface area contributed by atoms with Crippen LogP contribution in [-0.2, 0) is 20.9 Å². The third kappa shape index (κ3) is 3.76. The predicted molar refractivity (Wildman–Crippen MR) is 98.4 cm³/mol. The standard InChI is InChI=1S/C19H28N4O4/c1-12-18(14(3)24)13(2)23(20-12)11-17(25)21-9-15-5-6-16(10-21)22(19(15)26)7-8-27-4/h15-16H,5-11H2,1-4H3/t15-,16+/m0/s1. The molecule has 2 amide bonds. The SMILES string of the molecule is COCCN1C(=O)[C@H]2CC[C@@H]1CN(C(=O)Cn1nc(C)c(C(C)=O)c1C)C2. The largest absolute Gasteiger partial charge is 0.383 e. The molecule has 4 rings (SSSR count). The van der Waals surface area contributed by atoms with Gasteiger partial charge in [0, 0.05) is 38.5 Å². The number of hydrogen-bond acceptors (Lipinski definition) is 5. The molecular weight excluding hydrogens is 348 g/mol. The number of methoxy groups -OCH3 is 1. The molecule has 148 valence electrons. The van der Waals surface area contributed by atoms with E-state index in [1.54, 1.807) is 23.6 Å². The van der Waals surface area contributed by atoms with Crippen molar-refractivity contribution in [2.75, 3.05) is 33.4 Å². The molecule has 3 aliphatic heterocycles. The Bertz CT molecular complexity index is 757. The molecule has 0 N–H and O–H groups in total. The second-order valence-electron chi connectivity index (χ2n) is 7.51. The summed E-state index contributed by atoms with van der Waals surface area (Å²) in [4.78, 5) is 41.1. The summed E-state index contributed by atoms with van der Waals surface area (Å²) < 4.78 is 6.73. The van der Waals surface area contributed by atoms with Gasteiger partial charge in [0.2, 0.25) is 11.8 Å². The minimum atomic E-state index is -0.141. The summed E-state index contributed by atoms with van der Waals surface area (Å²) in [5.41, 5.74) is 1.94. The molecular formula is C19H28N4O4. The number of piperidine rings is 1. The Kier molecular flexibility index (Phi) is 5.64. The Hall–Kier alpha value is -2.22. The van der Waals surface area contributed by atoms with Crippen LogP contribution >= 0.6 is 0 Å². The molecule has 8 heteroatoms. The Morgan fingerprint density at radius 1 is 1.22 bits per heavy atom. The van der Waals surface area contributed by atoms with E-state index in [9.17, 15) is 14.4 Å². The highest BCUT2D eigenvalue weighted by atomic mass is 16.5. The van der Waals surface area contributed by atoms with Crippen LogP contribution in [0.3, 0.4) is 0 Å². The van der Waals surface area contributed by atoms with Gasteiger partial charge in [0.25, 0.3) is 0 Å². The van der Waals surface area contributed by atoms with Crippen molar-refractivity contribution in [1.82, 2.24) is 19.6 Å². The van der Waals surface area contributed by atoms with Crippen LogP contribution in [0, 0.1) is 19.8 Å². The van der Waals surface area contributed by atoms with Gasteiger partial charge in [0.15, 0.2) is 5.78 Å². The minimum Gasteiger partial charge on any atom is -0.383 e. The predicted octanol–water partition coefficient (Wildman–Crippen LogP) is 0.798. The molecule has 0 aromatic carbocycles. The van der Waals surface area contributed by atoms with E-state index in [4.69, 9.17) is 4.74 Å². The second-order valence-corrected chi connectivity index (χ2v) is 7.51. The first kappa shape index (κ1) is 19.5. The molecule has 0 aliphatic carbocycles. The molecule has 8 nitrogen and oxygen atoms in total. The first-order valence-corrected chi connectivity index (χ1v) is 9.45. The van der Waals surface area contributed by atoms with Crippen LogP contribution in [0.5, 0.6) is 0 Å². The number of fused-ring (bicyclic) bond motifs is 4. The van der Waals surface area contributed by atoms with E-state index in [0.29, 0.717) is 43.2 Å². The van der Waals surface area contributed by atoms with Gasteiger partial charge in [0.1, 0.15) is 6.54 Å². The molecule has 3 saturated heterocycles. The van der Waals surface area contributed by atoms with Crippen LogP contribution in [0.1, 0.15) is 41.5 Å². The zero-order valence-corrected chi connectivity index (χ0v) is 16.5. The fourth-order valence-electron chi connectivity index (χ4n) is 4.32. The summed E-state index contributed by atoms with van der Waals surface area (Å²) in [5.74, 6) is -0.119. The Morgan fingerprint density at radius 3 is 2.59 bits per heavy atom. The van der Waals surface area contributed by atoms with E-state index < -0.39 is 0 Å². The number of carbonyl (C=O) groups excluding carboxylic acids is 3. The maximum atomic E-state index is 12.9. The lowest BCUT2D eigenvalue weighted by Crippen LogP contribution is -2.49. The fourth-order valence-corrected chi connectivity index (χ4v) is 4.32. The molecule has 0 radical (unpaired) electrons. The Morgan fingerprint density at radius 2 is 1.96 bits per heavy atom. The van der Waals surface area contributed by atoms with Crippen LogP contribution in [0.25, 0.3) is 0 Å². The van der Waals surface area contributed by atoms with Gasteiger partial charge in [0.05, 0.1) is 23.8 Å². The number of nitrogens with zero attached hydrogens (tertiary/aromatic N) is 4. The number of aromatic nitrogens is 2. The van der Waals surface area contributed by atoms with E-state index in [1.165, 1.54) is 6.92 Å². The van der Waals surface area contributed by atoms with E-state index >= 15 is 0 Å². The lowest BCUT2D eigenvalue weighted by Gasteiger charge is -2.35. The topological polar surface area (TPSA) is 84.7 Å². The molecule has 4 heterocycles. The van der Waals surface area contributed by atoms with E-state index in [0.717, 1.165) is 12.8 Å². The van der Waals surface area contributed by atoms with Crippen molar-refractivity contribution in [3.63, 3.8) is 0 Å². The molecule has 2 atom stereocenters. The highest BCUT2D eigenvalue weighted by molar-refractivity contribution is 5.96. The number of amides is 2. The fraction of sp³-hybridized carbons (Fsp3) is 0.684. The lowest BCUT2D eigenvalue weighted by molar-refractivity contribution is -0.140. The molecule has 1 aromatic rings. The third-order valence-electron chi connectivity index (χ3n) is 5.70. The van der Waals surface area contributed by atoms with Crippen molar-refractivity contribution in [3.05, 3.63) is 17.0 Å². The number of ketones is 1. The zero-order valence-electron chi connectivity index (χ0n) is 16.5. The summed E-state index contributed by atoms with van der Waals surface area (Å²) in [5, 5.41) is 4.37. The Balaban J connectivity index is 1.74. The maximum Gasteiger partial charge on any atom is 0.244 e. The van der Waals surface area contributed by atoms with Crippen LogP contribution in [0.2, 0.25) is 0 Å². The number of hydrogen-bond donors (Lipinski definition) is 0. The highest BCUT2D eigenvalue weighted by Crippen LogP contribution is 2.29. The third-order valence-corrected chi connectivity index (χ3v) is 5.70. The average molecular weight is 376 g/mol.